The molecule has 1 amide bonds. The summed E-state index contributed by atoms with van der Waals surface area (Å²) in [7, 11) is 0. The minimum atomic E-state index is -0.571. The lowest BCUT2D eigenvalue weighted by Crippen LogP contribution is -2.32. The number of fused-ring (bicyclic) bond motifs is 1. The summed E-state index contributed by atoms with van der Waals surface area (Å²) in [4.78, 5) is 12.6. The minimum absolute atomic E-state index is 0.0412. The van der Waals surface area contributed by atoms with E-state index in [1.165, 1.54) is 23.8 Å². The Hall–Kier alpha value is -2.43. The summed E-state index contributed by atoms with van der Waals surface area (Å²) in [5.41, 5.74) is 8.88. The Morgan fingerprint density at radius 2 is 1.92 bits per heavy atom. The fraction of sp³-hybridized carbons (Fsp3) is 0.350. The molecule has 2 aliphatic rings. The summed E-state index contributed by atoms with van der Waals surface area (Å²) in [5, 5.41) is 3.07. The number of nitrogens with one attached hydrogen (secondary N) is 1. The predicted molar refractivity (Wildman–Crippen MR) is 91.9 cm³/mol. The molecule has 2 aliphatic carbocycles. The first-order valence-electron chi connectivity index (χ1n) is 8.67. The SMILES string of the molecule is Nc1ccc2c(c1)CCCC2NC(=O)C1CC1c1c(F)cccc1F. The van der Waals surface area contributed by atoms with Crippen molar-refractivity contribution in [2.75, 3.05) is 5.73 Å². The van der Waals surface area contributed by atoms with E-state index in [-0.39, 0.29) is 29.3 Å². The van der Waals surface area contributed by atoms with Crippen LogP contribution in [0.4, 0.5) is 14.5 Å². The van der Waals surface area contributed by atoms with E-state index in [1.54, 1.807) is 0 Å². The molecule has 25 heavy (non-hydrogen) atoms. The second-order valence-electron chi connectivity index (χ2n) is 7.00. The molecule has 0 aromatic heterocycles. The van der Waals surface area contributed by atoms with E-state index < -0.39 is 11.6 Å². The van der Waals surface area contributed by atoms with Crippen LogP contribution >= 0.6 is 0 Å². The zero-order chi connectivity index (χ0) is 17.6. The van der Waals surface area contributed by atoms with Crippen molar-refractivity contribution >= 4 is 11.6 Å². The van der Waals surface area contributed by atoms with Crippen molar-refractivity contribution in [2.24, 2.45) is 5.92 Å². The normalized spacial score (nSPS) is 24.5. The quantitative estimate of drug-likeness (QED) is 0.833. The van der Waals surface area contributed by atoms with Crippen molar-refractivity contribution in [1.82, 2.24) is 5.32 Å². The number of hydrogen-bond donors (Lipinski definition) is 2. The molecular weight excluding hydrogens is 322 g/mol. The summed E-state index contributed by atoms with van der Waals surface area (Å²) < 4.78 is 27.8. The van der Waals surface area contributed by atoms with Gasteiger partial charge in [-0.1, -0.05) is 12.1 Å². The maximum absolute atomic E-state index is 13.9. The first-order valence-corrected chi connectivity index (χ1v) is 8.67. The highest BCUT2D eigenvalue weighted by atomic mass is 19.1. The number of hydrogen-bond acceptors (Lipinski definition) is 2. The topological polar surface area (TPSA) is 55.1 Å². The molecule has 0 saturated heterocycles. The number of carbonyl (C=O) groups is 1. The van der Waals surface area contributed by atoms with Crippen molar-refractivity contribution in [3.8, 4) is 0 Å². The zero-order valence-electron chi connectivity index (χ0n) is 13.8. The number of halogens is 2. The fourth-order valence-corrected chi connectivity index (χ4v) is 3.93. The lowest BCUT2D eigenvalue weighted by atomic mass is 9.87. The first-order chi connectivity index (χ1) is 12.0. The number of aryl methyl sites for hydroxylation is 1. The second kappa shape index (κ2) is 6.14. The maximum atomic E-state index is 13.9. The Morgan fingerprint density at radius 1 is 1.16 bits per heavy atom. The average Bonchev–Trinajstić information content (AvgIpc) is 3.35. The number of nitrogens with two attached hydrogens (primary N) is 1. The van der Waals surface area contributed by atoms with Crippen molar-refractivity contribution in [3.63, 3.8) is 0 Å². The van der Waals surface area contributed by atoms with Gasteiger partial charge in [-0.2, -0.15) is 0 Å². The van der Waals surface area contributed by atoms with Crippen LogP contribution in [-0.4, -0.2) is 5.91 Å². The van der Waals surface area contributed by atoms with Crippen molar-refractivity contribution in [3.05, 3.63) is 64.7 Å². The highest BCUT2D eigenvalue weighted by Gasteiger charge is 2.47. The Balaban J connectivity index is 1.48. The smallest absolute Gasteiger partial charge is 0.224 e. The van der Waals surface area contributed by atoms with Crippen LogP contribution in [0.25, 0.3) is 0 Å². The van der Waals surface area contributed by atoms with Crippen LogP contribution in [0.15, 0.2) is 36.4 Å². The molecule has 1 saturated carbocycles. The molecule has 2 aromatic rings. The molecule has 3 atom stereocenters. The van der Waals surface area contributed by atoms with Gasteiger partial charge in [0.05, 0.1) is 6.04 Å². The average molecular weight is 342 g/mol. The first kappa shape index (κ1) is 16.1. The molecular formula is C20H20F2N2O. The molecule has 3 unspecified atom stereocenters. The standard InChI is InChI=1S/C20H20F2N2O/c21-16-4-2-5-17(22)19(16)14-10-15(14)20(25)24-18-6-1-3-11-9-12(23)7-8-13(11)18/h2,4-5,7-9,14-15,18H,1,3,6,10,23H2,(H,24,25). The van der Waals surface area contributed by atoms with Gasteiger partial charge in [-0.05, 0) is 61.1 Å². The van der Waals surface area contributed by atoms with Crippen LogP contribution in [0, 0.1) is 17.6 Å². The number of amides is 1. The van der Waals surface area contributed by atoms with Gasteiger partial charge in [0, 0.05) is 23.1 Å². The monoisotopic (exact) mass is 342 g/mol. The lowest BCUT2D eigenvalue weighted by molar-refractivity contribution is -0.123. The van der Waals surface area contributed by atoms with Gasteiger partial charge in [-0.15, -0.1) is 0 Å². The van der Waals surface area contributed by atoms with E-state index in [0.29, 0.717) is 6.42 Å². The summed E-state index contributed by atoms with van der Waals surface area (Å²) in [6.45, 7) is 0. The molecule has 5 heteroatoms. The van der Waals surface area contributed by atoms with E-state index >= 15 is 0 Å². The fourth-order valence-electron chi connectivity index (χ4n) is 3.93. The highest BCUT2D eigenvalue weighted by Crippen LogP contribution is 2.49. The molecule has 3 N–H and O–H groups in total. The molecule has 0 aliphatic heterocycles. The molecule has 2 aromatic carbocycles. The third-order valence-corrected chi connectivity index (χ3v) is 5.30. The van der Waals surface area contributed by atoms with Gasteiger partial charge >= 0.3 is 0 Å². The molecule has 4 rings (SSSR count). The Morgan fingerprint density at radius 3 is 2.68 bits per heavy atom. The van der Waals surface area contributed by atoms with E-state index in [9.17, 15) is 13.6 Å². The molecule has 0 spiro atoms. The van der Waals surface area contributed by atoms with Gasteiger partial charge < -0.3 is 11.1 Å². The largest absolute Gasteiger partial charge is 0.399 e. The van der Waals surface area contributed by atoms with E-state index in [4.69, 9.17) is 5.73 Å². The minimum Gasteiger partial charge on any atom is -0.399 e. The third-order valence-electron chi connectivity index (χ3n) is 5.30. The summed E-state index contributed by atoms with van der Waals surface area (Å²) in [5.74, 6) is -1.99. The Kier molecular flexibility index (Phi) is 3.94. The van der Waals surface area contributed by atoms with Crippen LogP contribution in [0.5, 0.6) is 0 Å². The van der Waals surface area contributed by atoms with Crippen LogP contribution in [0.1, 0.15) is 47.9 Å². The van der Waals surface area contributed by atoms with Gasteiger partial charge in [-0.3, -0.25) is 4.79 Å². The van der Waals surface area contributed by atoms with Crippen LogP contribution < -0.4 is 11.1 Å². The van der Waals surface area contributed by atoms with Crippen LogP contribution in [-0.2, 0) is 11.2 Å². The van der Waals surface area contributed by atoms with E-state index in [2.05, 4.69) is 5.32 Å². The predicted octanol–water partition coefficient (Wildman–Crippen LogP) is 3.84. The number of anilines is 1. The maximum Gasteiger partial charge on any atom is 0.224 e. The Bertz CT molecular complexity index is 816. The highest BCUT2D eigenvalue weighted by molar-refractivity contribution is 5.83. The number of benzene rings is 2. The number of carbonyl (C=O) groups excluding carboxylic acids is 1. The molecule has 130 valence electrons. The lowest BCUT2D eigenvalue weighted by Gasteiger charge is -2.26. The van der Waals surface area contributed by atoms with Crippen molar-refractivity contribution in [2.45, 2.75) is 37.6 Å². The van der Waals surface area contributed by atoms with Crippen molar-refractivity contribution < 1.29 is 13.6 Å². The Labute approximate surface area is 145 Å². The second-order valence-corrected chi connectivity index (χ2v) is 7.00. The summed E-state index contributed by atoms with van der Waals surface area (Å²) >= 11 is 0. The molecule has 1 fully saturated rings. The van der Waals surface area contributed by atoms with Gasteiger partial charge in [0.1, 0.15) is 11.6 Å². The number of rotatable bonds is 3. The van der Waals surface area contributed by atoms with E-state index in [1.807, 2.05) is 18.2 Å². The van der Waals surface area contributed by atoms with Gasteiger partial charge in [0.2, 0.25) is 5.91 Å². The third kappa shape index (κ3) is 2.99. The van der Waals surface area contributed by atoms with Crippen LogP contribution in [0.2, 0.25) is 0 Å². The number of nitrogen functional groups attached to an aromatic ring is 1. The molecule has 0 bridgehead atoms. The van der Waals surface area contributed by atoms with Gasteiger partial charge in [-0.25, -0.2) is 8.78 Å². The molecule has 3 nitrogen and oxygen atoms in total. The van der Waals surface area contributed by atoms with E-state index in [0.717, 1.165) is 30.5 Å². The summed E-state index contributed by atoms with van der Waals surface area (Å²) in [6, 6.07) is 9.55. The van der Waals surface area contributed by atoms with Crippen molar-refractivity contribution in [1.29, 1.82) is 0 Å². The van der Waals surface area contributed by atoms with Crippen LogP contribution in [0.3, 0.4) is 0 Å². The molecule has 0 radical (unpaired) electrons. The van der Waals surface area contributed by atoms with Gasteiger partial charge in [0.15, 0.2) is 0 Å². The molecule has 0 heterocycles. The van der Waals surface area contributed by atoms with Gasteiger partial charge in [0.25, 0.3) is 0 Å². The zero-order valence-corrected chi connectivity index (χ0v) is 13.8. The summed E-state index contributed by atoms with van der Waals surface area (Å²) in [6.07, 6.45) is 3.30.